The minimum absolute atomic E-state index is 0.263. The van der Waals surface area contributed by atoms with Crippen LogP contribution >= 0.6 is 0 Å². The number of nitrogens with zero attached hydrogens (tertiary/aromatic N) is 4. The minimum atomic E-state index is -0.384. The van der Waals surface area contributed by atoms with E-state index >= 15 is 8.78 Å². The Hall–Kier alpha value is -17.9. The Morgan fingerprint density at radius 2 is 0.389 bits per heavy atom. The van der Waals surface area contributed by atoms with Crippen LogP contribution in [-0.2, 0) is 12.8 Å². The Morgan fingerprint density at radius 1 is 0.174 bits per heavy atom. The van der Waals surface area contributed by atoms with Crippen LogP contribution in [0, 0.1) is 48.8 Å². The molecule has 0 aliphatic heterocycles. The smallest absolute Gasteiger partial charge is 0.147 e. The van der Waals surface area contributed by atoms with Crippen molar-refractivity contribution in [2.24, 2.45) is 0 Å². The predicted molar refractivity (Wildman–Crippen MR) is 590 cm³/mol. The molecular weight excluding hydrogens is 1780 g/mol. The highest BCUT2D eigenvalue weighted by Crippen LogP contribution is 2.55. The third-order valence-electron chi connectivity index (χ3n) is 28.1. The predicted octanol–water partition coefficient (Wildman–Crippen LogP) is 39.0. The fourth-order valence-electron chi connectivity index (χ4n) is 20.9. The standard InChI is InChI=1S/C68H50F2N2.C66H44F4N2/c1-3-45-15-31-59(32-16-45)71(61-41-53(47-11-7-5-8-12-47)39-55(43-61)49-19-27-57(69)28-20-49)65-37-25-51-24-36-64-66(38-26-52-23-35-63(65)67(51)68(52)64)72(60-33-17-46(4-2)18-34-60)62-42-54(48-13-9-6-10-14-48)40-56(44-62)50-21-29-58(70)30-22-50;1-41-11-9-17-59(69)65(41)71(55-37-49(43-13-5-3-6-14-43)35-51(39-55)45-19-27-53(67)28-20-45)61-33-25-47-24-32-58-62(34-26-48-23-31-57(61)63(47)64(48)58)72(66-42(2)12-10-18-60(66)70)56-38-50(44-15-7-4-8-16-44)36-52(40-56)46-21-29-54(68)30-22-46/h5-44H,3-4H2,1-2H3;3-40H,1-2H3. The molecule has 0 saturated heterocycles. The Balaban J connectivity index is 0.000000159. The van der Waals surface area contributed by atoms with Crippen molar-refractivity contribution in [3.8, 4) is 89.0 Å². The van der Waals surface area contributed by atoms with Gasteiger partial charge in [0, 0.05) is 55.7 Å². The fourth-order valence-corrected chi connectivity index (χ4v) is 20.9. The molecule has 0 radical (unpaired) electrons. The number of aryl methyl sites for hydroxylation is 4. The minimum Gasteiger partial charge on any atom is -0.310 e. The summed E-state index contributed by atoms with van der Waals surface area (Å²) < 4.78 is 91.2. The maximum atomic E-state index is 16.8. The highest BCUT2D eigenvalue weighted by molar-refractivity contribution is 6.30. The van der Waals surface area contributed by atoms with Crippen molar-refractivity contribution in [1.29, 1.82) is 0 Å². The molecule has 0 spiro atoms. The van der Waals surface area contributed by atoms with Crippen molar-refractivity contribution in [2.45, 2.75) is 40.5 Å². The first-order chi connectivity index (χ1) is 70.5. The van der Waals surface area contributed by atoms with Gasteiger partial charge in [-0.25, -0.2) is 26.3 Å². The van der Waals surface area contributed by atoms with E-state index in [0.29, 0.717) is 11.4 Å². The zero-order valence-electron chi connectivity index (χ0n) is 79.5. The average Bonchev–Trinajstić information content (AvgIpc) is 0.443. The number of rotatable bonds is 22. The molecule has 10 heteroatoms. The van der Waals surface area contributed by atoms with Crippen LogP contribution in [0.1, 0.15) is 36.1 Å². The van der Waals surface area contributed by atoms with Gasteiger partial charge in [0.25, 0.3) is 0 Å². The van der Waals surface area contributed by atoms with Gasteiger partial charge >= 0.3 is 0 Å². The summed E-state index contributed by atoms with van der Waals surface area (Å²) in [6, 6.07) is 156. The number of benzene rings is 24. The third kappa shape index (κ3) is 17.3. The summed E-state index contributed by atoms with van der Waals surface area (Å²) >= 11 is 0. The Labute approximate surface area is 833 Å². The average molecular weight is 1870 g/mol. The maximum Gasteiger partial charge on any atom is 0.147 e. The summed E-state index contributed by atoms with van der Waals surface area (Å²) in [5, 5.41) is 12.6. The molecule has 24 aromatic carbocycles. The van der Waals surface area contributed by atoms with Gasteiger partial charge in [-0.1, -0.05) is 305 Å². The first kappa shape index (κ1) is 90.0. The number of hydrogen-bond donors (Lipinski definition) is 0. The van der Waals surface area contributed by atoms with Gasteiger partial charge in [-0.3, -0.25) is 0 Å². The van der Waals surface area contributed by atoms with E-state index in [1.54, 1.807) is 36.4 Å². The van der Waals surface area contributed by atoms with Crippen molar-refractivity contribution < 1.29 is 26.3 Å². The van der Waals surface area contributed by atoms with Crippen LogP contribution < -0.4 is 19.6 Å². The van der Waals surface area contributed by atoms with Gasteiger partial charge in [0.1, 0.15) is 34.9 Å². The molecule has 0 fully saturated rings. The van der Waals surface area contributed by atoms with Crippen LogP contribution in [0.4, 0.5) is 94.6 Å². The lowest BCUT2D eigenvalue weighted by Crippen LogP contribution is -2.15. The number of hydrogen-bond acceptors (Lipinski definition) is 4. The molecule has 0 N–H and O–H groups in total. The van der Waals surface area contributed by atoms with Crippen molar-refractivity contribution in [1.82, 2.24) is 0 Å². The van der Waals surface area contributed by atoms with E-state index in [4.69, 9.17) is 0 Å². The number of para-hydroxylation sites is 2. The summed E-state index contributed by atoms with van der Waals surface area (Å²) in [5.41, 5.74) is 29.2. The molecule has 144 heavy (non-hydrogen) atoms. The second-order valence-corrected chi connectivity index (χ2v) is 36.9. The topological polar surface area (TPSA) is 13.0 Å². The summed E-state index contributed by atoms with van der Waals surface area (Å²) in [4.78, 5) is 8.80. The molecule has 0 heterocycles. The highest BCUT2D eigenvalue weighted by atomic mass is 19.1. The van der Waals surface area contributed by atoms with Gasteiger partial charge in [-0.15, -0.1) is 0 Å². The van der Waals surface area contributed by atoms with Crippen LogP contribution in [0.3, 0.4) is 0 Å². The van der Waals surface area contributed by atoms with E-state index in [1.165, 1.54) is 82.6 Å². The van der Waals surface area contributed by atoms with E-state index < -0.39 is 0 Å². The number of halogens is 6. The monoisotopic (exact) mass is 1870 g/mol. The molecule has 0 atom stereocenters. The molecule has 0 aliphatic carbocycles. The maximum absolute atomic E-state index is 16.8. The first-order valence-electron chi connectivity index (χ1n) is 48.7. The lowest BCUT2D eigenvalue weighted by atomic mass is 9.91. The largest absolute Gasteiger partial charge is 0.310 e. The van der Waals surface area contributed by atoms with Crippen molar-refractivity contribution >= 4 is 133 Å². The quantitative estimate of drug-likeness (QED) is 0.0495. The van der Waals surface area contributed by atoms with Gasteiger partial charge in [0.2, 0.25) is 0 Å². The molecule has 24 rings (SSSR count). The van der Waals surface area contributed by atoms with Crippen molar-refractivity contribution in [2.75, 3.05) is 19.6 Å². The van der Waals surface area contributed by atoms with Crippen molar-refractivity contribution in [3.63, 3.8) is 0 Å². The van der Waals surface area contributed by atoms with Gasteiger partial charge < -0.3 is 19.6 Å². The van der Waals surface area contributed by atoms with Gasteiger partial charge in [-0.2, -0.15) is 0 Å². The van der Waals surface area contributed by atoms with E-state index in [-0.39, 0.29) is 34.9 Å². The normalized spacial score (nSPS) is 11.5. The summed E-state index contributed by atoms with van der Waals surface area (Å²) in [5.74, 6) is -1.96. The molecule has 0 aliphatic rings. The first-order valence-corrected chi connectivity index (χ1v) is 48.7. The van der Waals surface area contributed by atoms with Crippen LogP contribution in [0.2, 0.25) is 0 Å². The lowest BCUT2D eigenvalue weighted by molar-refractivity contribution is 0.627. The Bertz CT molecular complexity index is 8330. The molecule has 692 valence electrons. The van der Waals surface area contributed by atoms with Crippen molar-refractivity contribution in [3.05, 3.63) is 530 Å². The molecule has 24 aromatic rings. The molecule has 0 amide bonds. The summed E-state index contributed by atoms with van der Waals surface area (Å²) in [6.07, 6.45) is 1.87. The molecule has 0 bridgehead atoms. The van der Waals surface area contributed by atoms with Crippen LogP contribution in [-0.4, -0.2) is 0 Å². The second kappa shape index (κ2) is 38.4. The molecule has 0 saturated carbocycles. The van der Waals surface area contributed by atoms with Gasteiger partial charge in [-0.05, 0) is 363 Å². The summed E-state index contributed by atoms with van der Waals surface area (Å²) in [6.45, 7) is 8.21. The van der Waals surface area contributed by atoms with E-state index in [0.717, 1.165) is 224 Å². The van der Waals surface area contributed by atoms with Gasteiger partial charge in [0.15, 0.2) is 0 Å². The van der Waals surface area contributed by atoms with Gasteiger partial charge in [0.05, 0.1) is 34.1 Å². The highest BCUT2D eigenvalue weighted by Gasteiger charge is 2.30. The SMILES string of the molecule is CCc1ccc(N(c2cc(-c3ccccc3)cc(-c3ccc(F)cc3)c2)c2ccc3ccc4c(N(c5ccc(CC)cc5)c5cc(-c6ccccc6)cc(-c6ccc(F)cc6)c5)ccc5ccc2c3c54)cc1.Cc1cccc(F)c1N(c1cc(-c2ccccc2)cc(-c2ccc(F)cc2)c1)c1ccc2ccc3c(N(c4cc(-c5ccccc5)cc(-c5ccc(F)cc5)c4)c4c(C)cccc4F)ccc4ccc1c2c43. The van der Waals surface area contributed by atoms with Crippen LogP contribution in [0.15, 0.2) is 473 Å². The third-order valence-corrected chi connectivity index (χ3v) is 28.1. The lowest BCUT2D eigenvalue weighted by Gasteiger charge is -2.31. The zero-order chi connectivity index (χ0) is 97.7. The van der Waals surface area contributed by atoms with E-state index in [9.17, 15) is 17.6 Å². The van der Waals surface area contributed by atoms with Crippen LogP contribution in [0.25, 0.3) is 154 Å². The molecule has 4 nitrogen and oxygen atoms in total. The molecule has 0 unspecified atom stereocenters. The van der Waals surface area contributed by atoms with Crippen LogP contribution in [0.5, 0.6) is 0 Å². The Kier molecular flexibility index (Phi) is 24.0. The number of anilines is 12. The summed E-state index contributed by atoms with van der Waals surface area (Å²) in [7, 11) is 0. The second-order valence-electron chi connectivity index (χ2n) is 36.9. The van der Waals surface area contributed by atoms with E-state index in [2.05, 4.69) is 278 Å². The molecule has 0 aromatic heterocycles. The molecular formula is C134H94F6N4. The Morgan fingerprint density at radius 3 is 0.618 bits per heavy atom. The zero-order valence-corrected chi connectivity index (χ0v) is 79.5. The fraction of sp³-hybridized carbons (Fsp3) is 0.0448. The van der Waals surface area contributed by atoms with E-state index in [1.807, 2.05) is 145 Å².